The molecule has 0 bridgehead atoms. The van der Waals surface area contributed by atoms with Gasteiger partial charge in [-0.2, -0.15) is 0 Å². The van der Waals surface area contributed by atoms with E-state index in [2.05, 4.69) is 149 Å². The van der Waals surface area contributed by atoms with Crippen LogP contribution in [0.15, 0.2) is 124 Å². The summed E-state index contributed by atoms with van der Waals surface area (Å²) in [7, 11) is 4.59. The summed E-state index contributed by atoms with van der Waals surface area (Å²) < 4.78 is 49.6. The van der Waals surface area contributed by atoms with Gasteiger partial charge in [0.25, 0.3) is 28.5 Å². The number of hydrogen-bond acceptors (Lipinski definition) is 22. The van der Waals surface area contributed by atoms with Crippen LogP contribution in [0.5, 0.6) is 17.2 Å². The molecule has 6 aromatic carbocycles. The van der Waals surface area contributed by atoms with Crippen LogP contribution in [0.25, 0.3) is 33.4 Å². The molecule has 29 heteroatoms. The zero-order chi connectivity index (χ0) is 95.8. The zero-order valence-electron chi connectivity index (χ0n) is 82.1. The van der Waals surface area contributed by atoms with Crippen molar-refractivity contribution in [3.8, 4) is 50.6 Å². The first kappa shape index (κ1) is 102. The number of nitrogens with one attached hydrogen (secondary N) is 5. The van der Waals surface area contributed by atoms with Gasteiger partial charge in [0.2, 0.25) is 0 Å². The van der Waals surface area contributed by atoms with E-state index in [4.69, 9.17) is 48.4 Å². The SMILES string of the molecule is CCN(c1cc(-c2ccc3c(c2)CCC3N2CCOCC2)cc(C(=O)NCc2c(OC)cc(C)[nH]c2=O)c1C)C1CCOCC1.CCN(c1cc(-c2ccc3c(c2)CCC3N2CCOCC2)cc(C(=O)NCc2c(OC)cc(C)[nH]c2=O)c1C)C1CCOCC1.CCN(c1cc(-c2ccc3c(c2)CCC3N2CCOCC2)cc(C(=O)O)c1C)C1CCOCC1.COc1cc(C)[nH]c(=O)c1CN.Cl. The van der Waals surface area contributed by atoms with Crippen molar-refractivity contribution in [3.63, 3.8) is 0 Å². The molecule has 6 saturated heterocycles. The fourth-order valence-electron chi connectivity index (χ4n) is 21.8. The number of carboxylic acids is 1. The van der Waals surface area contributed by atoms with Crippen molar-refractivity contribution < 1.29 is 62.1 Å². The van der Waals surface area contributed by atoms with Crippen molar-refractivity contribution in [2.75, 3.05) is 174 Å². The predicted molar refractivity (Wildman–Crippen MR) is 540 cm³/mol. The summed E-state index contributed by atoms with van der Waals surface area (Å²) in [6.07, 6.45) is 12.3. The van der Waals surface area contributed by atoms with Crippen molar-refractivity contribution in [3.05, 3.63) is 241 Å². The Morgan fingerprint density at radius 2 is 0.664 bits per heavy atom. The molecule has 2 amide bonds. The third kappa shape index (κ3) is 23.7. The molecular formula is C108H141ClN12O16. The molecule has 6 aliphatic heterocycles. The van der Waals surface area contributed by atoms with Gasteiger partial charge < -0.3 is 93.8 Å². The summed E-state index contributed by atoms with van der Waals surface area (Å²) in [6.45, 7) is 36.0. The summed E-state index contributed by atoms with van der Waals surface area (Å²) in [5.41, 5.74) is 30.5. The quantitative estimate of drug-likeness (QED) is 0.0265. The number of pyridine rings is 3. The van der Waals surface area contributed by atoms with Crippen LogP contribution < -0.4 is 62.0 Å². The maximum Gasteiger partial charge on any atom is 0.336 e. The number of halogens is 1. The topological polar surface area (TPSA) is 323 Å². The minimum absolute atomic E-state index is 0. The van der Waals surface area contributed by atoms with E-state index in [9.17, 15) is 33.9 Å². The highest BCUT2D eigenvalue weighted by Gasteiger charge is 2.36. The Kier molecular flexibility index (Phi) is 35.6. The third-order valence-corrected chi connectivity index (χ3v) is 29.1. The van der Waals surface area contributed by atoms with Crippen LogP contribution in [0.2, 0.25) is 0 Å². The number of carbonyl (C=O) groups is 3. The molecule has 8 N–H and O–H groups in total. The smallest absolute Gasteiger partial charge is 0.336 e. The van der Waals surface area contributed by atoms with Crippen molar-refractivity contribution in [1.82, 2.24) is 40.3 Å². The molecule has 736 valence electrons. The van der Waals surface area contributed by atoms with E-state index in [1.165, 1.54) is 54.7 Å². The van der Waals surface area contributed by atoms with Gasteiger partial charge in [-0.15, -0.1) is 12.4 Å². The van der Waals surface area contributed by atoms with Crippen LogP contribution in [-0.2, 0) is 67.3 Å². The molecule has 9 aliphatic rings. The molecule has 9 aromatic rings. The summed E-state index contributed by atoms with van der Waals surface area (Å²) in [5.74, 6) is 0.195. The number of aromatic carboxylic acids is 1. The molecule has 9 heterocycles. The molecule has 0 saturated carbocycles. The first-order chi connectivity index (χ1) is 66.0. The van der Waals surface area contributed by atoms with Gasteiger partial charge in [0.05, 0.1) is 96.3 Å². The lowest BCUT2D eigenvalue weighted by atomic mass is 9.93. The van der Waals surface area contributed by atoms with Gasteiger partial charge >= 0.3 is 5.97 Å². The number of fused-ring (bicyclic) bond motifs is 3. The van der Waals surface area contributed by atoms with Gasteiger partial charge in [0.1, 0.15) is 17.2 Å². The lowest BCUT2D eigenvalue weighted by molar-refractivity contribution is 0.0164. The second kappa shape index (κ2) is 47.8. The third-order valence-electron chi connectivity index (χ3n) is 29.1. The first-order valence-corrected chi connectivity index (χ1v) is 49.1. The van der Waals surface area contributed by atoms with E-state index in [-0.39, 0.29) is 60.5 Å². The van der Waals surface area contributed by atoms with Crippen LogP contribution in [0.4, 0.5) is 17.1 Å². The zero-order valence-corrected chi connectivity index (χ0v) is 82.9. The second-order valence-electron chi connectivity index (χ2n) is 37.1. The molecule has 28 nitrogen and oxygen atoms in total. The summed E-state index contributed by atoms with van der Waals surface area (Å²) in [4.78, 5) is 100.0. The number of aryl methyl sites for hydroxylation is 6. The van der Waals surface area contributed by atoms with Crippen LogP contribution in [0.1, 0.15) is 212 Å². The summed E-state index contributed by atoms with van der Waals surface area (Å²) in [5, 5.41) is 16.1. The normalized spacial score (nSPS) is 18.6. The minimum Gasteiger partial charge on any atom is -0.496 e. The Balaban J connectivity index is 0.000000155. The fraction of sp³-hybridized carbons (Fsp3) is 0.500. The number of aromatic amines is 3. The Hall–Kier alpha value is -10.7. The number of ether oxygens (including phenoxy) is 9. The van der Waals surface area contributed by atoms with E-state index in [0.717, 1.165) is 288 Å². The number of rotatable bonds is 26. The number of carboxylic acid groups (broad SMARTS) is 1. The molecule has 3 atom stereocenters. The first-order valence-electron chi connectivity index (χ1n) is 49.1. The van der Waals surface area contributed by atoms with Gasteiger partial charge in [0, 0.05) is 187 Å². The largest absolute Gasteiger partial charge is 0.496 e. The van der Waals surface area contributed by atoms with Gasteiger partial charge in [0.15, 0.2) is 0 Å². The molecule has 3 unspecified atom stereocenters. The fourth-order valence-corrected chi connectivity index (χ4v) is 21.8. The Labute approximate surface area is 811 Å². The highest BCUT2D eigenvalue weighted by Crippen LogP contribution is 2.45. The van der Waals surface area contributed by atoms with Gasteiger partial charge in [-0.3, -0.25) is 38.7 Å². The number of amides is 2. The van der Waals surface area contributed by atoms with Gasteiger partial charge in [-0.25, -0.2) is 4.79 Å². The van der Waals surface area contributed by atoms with Gasteiger partial charge in [-0.1, -0.05) is 54.6 Å². The number of H-pyrrole nitrogens is 3. The molecule has 0 spiro atoms. The van der Waals surface area contributed by atoms with Crippen molar-refractivity contribution in [1.29, 1.82) is 0 Å². The number of hydrogen-bond donors (Lipinski definition) is 7. The van der Waals surface area contributed by atoms with Crippen LogP contribution in [0, 0.1) is 41.5 Å². The molecule has 6 fully saturated rings. The monoisotopic (exact) mass is 1900 g/mol. The van der Waals surface area contributed by atoms with Crippen molar-refractivity contribution in [2.24, 2.45) is 5.73 Å². The number of benzene rings is 6. The van der Waals surface area contributed by atoms with Gasteiger partial charge in [-0.05, 0) is 277 Å². The number of aromatic nitrogens is 3. The van der Waals surface area contributed by atoms with E-state index < -0.39 is 5.97 Å². The second-order valence-corrected chi connectivity index (χ2v) is 37.1. The molecule has 0 radical (unpaired) electrons. The number of carbonyl (C=O) groups excluding carboxylic acids is 2. The Morgan fingerprint density at radius 3 is 0.949 bits per heavy atom. The molecule has 3 aliphatic carbocycles. The highest BCUT2D eigenvalue weighted by molar-refractivity contribution is 6.00. The number of morpholine rings is 3. The lowest BCUT2D eigenvalue weighted by Crippen LogP contribution is -2.40. The molecule has 137 heavy (non-hydrogen) atoms. The van der Waals surface area contributed by atoms with Crippen LogP contribution in [0.3, 0.4) is 0 Å². The number of nitrogens with zero attached hydrogens (tertiary/aromatic N) is 6. The van der Waals surface area contributed by atoms with Crippen LogP contribution >= 0.6 is 12.4 Å². The highest BCUT2D eigenvalue weighted by atomic mass is 35.5. The number of methoxy groups -OCH3 is 3. The average molecular weight is 1900 g/mol. The van der Waals surface area contributed by atoms with E-state index in [0.29, 0.717) is 98.3 Å². The van der Waals surface area contributed by atoms with Crippen molar-refractivity contribution >= 4 is 47.3 Å². The summed E-state index contributed by atoms with van der Waals surface area (Å²) in [6, 6.07) is 40.8. The average Bonchev–Trinajstić information content (AvgIpc) is 1.60. The van der Waals surface area contributed by atoms with E-state index in [1.807, 2.05) is 52.8 Å². The Bertz CT molecular complexity index is 5650. The Morgan fingerprint density at radius 1 is 0.387 bits per heavy atom. The maximum absolute atomic E-state index is 13.9. The van der Waals surface area contributed by atoms with E-state index in [1.54, 1.807) is 25.1 Å². The molecule has 18 rings (SSSR count). The van der Waals surface area contributed by atoms with Crippen molar-refractivity contribution in [2.45, 2.75) is 195 Å². The van der Waals surface area contributed by atoms with Crippen LogP contribution in [-0.4, -0.2) is 230 Å². The van der Waals surface area contributed by atoms with E-state index >= 15 is 0 Å². The molecular weight excluding hydrogens is 1760 g/mol. The summed E-state index contributed by atoms with van der Waals surface area (Å²) >= 11 is 0. The lowest BCUT2D eigenvalue weighted by Gasteiger charge is -2.37. The maximum atomic E-state index is 13.9. The minimum atomic E-state index is -0.864. The predicted octanol–water partition coefficient (Wildman–Crippen LogP) is 15.1. The molecule has 3 aromatic heterocycles. The number of nitrogens with two attached hydrogens (primary N) is 1. The number of anilines is 3. The standard InChI is InChI=1S/2C36H46N4O5.C28H36N2O4.C8H12N2O2.ClH/c2*1-5-40(28-10-14-44-15-11-28)33-21-27(25-6-8-29-26(19-25)7-9-32(29)39-12-16-45-17-13-39)20-30(24(33)3)35(41)37-22-31-34(43-4)18-23(2)38-36(31)42;1-3-30(23-8-12-33-13-9-23)27-18-22(17-25(19(27)2)28(31)32)20-4-6-24-21(16-20)5-7-26(24)29-10-14-34-15-11-29;1-5-3-7(12-2)6(4-9)8(11)10-5;/h2*6,8,18-21,28,32H,5,7,9-17,22H2,1-4H3,(H,37,41)(H,38,42);4,6,16-18,23,26H,3,5,7-15H2,1-2H3,(H,31,32);3H,4,9H2,1-2H3,(H,10,11);1H.